The number of ether oxygens (including phenoxy) is 1. The quantitative estimate of drug-likeness (QED) is 0.121. The number of aliphatic hydroxyl groups excluding tert-OH is 1. The molecule has 5 aromatic rings. The molecule has 1 saturated carbocycles. The van der Waals surface area contributed by atoms with Crippen LogP contribution in [0.15, 0.2) is 48.8 Å². The van der Waals surface area contributed by atoms with Gasteiger partial charge in [0.25, 0.3) is 5.91 Å². The molecule has 12 heteroatoms. The fourth-order valence-electron chi connectivity index (χ4n) is 6.32. The number of halogens is 1. The molecule has 3 aromatic heterocycles. The number of nitrogens with one attached hydrogen (secondary N) is 1. The number of hydrogen-bond acceptors (Lipinski definition) is 10. The first-order valence-corrected chi connectivity index (χ1v) is 19.2. The van der Waals surface area contributed by atoms with Crippen LogP contribution >= 0.6 is 22.9 Å². The number of amides is 1. The van der Waals surface area contributed by atoms with Crippen LogP contribution < -0.4 is 10.2 Å². The summed E-state index contributed by atoms with van der Waals surface area (Å²) in [5, 5.41) is 15.8. The number of pyridine rings is 1. The third kappa shape index (κ3) is 9.56. The van der Waals surface area contributed by atoms with Gasteiger partial charge in [-0.05, 0) is 94.3 Å². The van der Waals surface area contributed by atoms with Crippen molar-refractivity contribution in [2.24, 2.45) is 5.92 Å². The predicted octanol–water partition coefficient (Wildman–Crippen LogP) is 8.20. The van der Waals surface area contributed by atoms with Gasteiger partial charge < -0.3 is 24.9 Å². The van der Waals surface area contributed by atoms with E-state index in [1.54, 1.807) is 28.6 Å². The van der Waals surface area contributed by atoms with Crippen molar-refractivity contribution in [3.05, 3.63) is 87.0 Å². The van der Waals surface area contributed by atoms with Gasteiger partial charge in [-0.1, -0.05) is 37.6 Å². The van der Waals surface area contributed by atoms with Crippen molar-refractivity contribution in [2.45, 2.75) is 97.9 Å². The average Bonchev–Trinajstić information content (AvgIpc) is 3.73. The lowest BCUT2D eigenvalue weighted by atomic mass is 9.97. The van der Waals surface area contributed by atoms with E-state index in [2.05, 4.69) is 41.0 Å². The molecule has 276 valence electrons. The number of rotatable bonds is 12. The van der Waals surface area contributed by atoms with Gasteiger partial charge in [0.1, 0.15) is 17.8 Å². The number of thiazole rings is 1. The Labute approximate surface area is 315 Å². The highest BCUT2D eigenvalue weighted by Crippen LogP contribution is 2.38. The van der Waals surface area contributed by atoms with Gasteiger partial charge in [-0.15, -0.1) is 11.3 Å². The second-order valence-electron chi connectivity index (χ2n) is 14.0. The number of carbonyl (C=O) groups is 2. The molecule has 4 heterocycles. The van der Waals surface area contributed by atoms with E-state index in [1.807, 2.05) is 57.0 Å². The average molecular weight is 745 g/mol. The normalized spacial score (nSPS) is 14.3. The Morgan fingerprint density at radius 1 is 1.04 bits per heavy atom. The van der Waals surface area contributed by atoms with Gasteiger partial charge in [0.05, 0.1) is 46.1 Å². The summed E-state index contributed by atoms with van der Waals surface area (Å²) < 4.78 is 6.72. The highest BCUT2D eigenvalue weighted by atomic mass is 35.5. The van der Waals surface area contributed by atoms with Crippen LogP contribution in [0.25, 0.3) is 21.1 Å². The van der Waals surface area contributed by atoms with Crippen LogP contribution in [0, 0.1) is 5.92 Å². The molecule has 1 atom stereocenters. The summed E-state index contributed by atoms with van der Waals surface area (Å²) in [5.74, 6) is 1.35. The van der Waals surface area contributed by atoms with Crippen LogP contribution in [0.4, 0.5) is 5.69 Å². The first kappa shape index (κ1) is 39.3. The predicted molar refractivity (Wildman–Crippen MR) is 209 cm³/mol. The minimum Gasteiger partial charge on any atom is -0.396 e. The van der Waals surface area contributed by atoms with Crippen molar-refractivity contribution < 1.29 is 19.4 Å². The molecule has 1 fully saturated rings. The van der Waals surface area contributed by atoms with Gasteiger partial charge in [0.2, 0.25) is 0 Å². The van der Waals surface area contributed by atoms with Crippen molar-refractivity contribution >= 4 is 62.4 Å². The van der Waals surface area contributed by atoms with E-state index in [9.17, 15) is 9.90 Å². The lowest BCUT2D eigenvalue weighted by Crippen LogP contribution is -2.37. The maximum absolute atomic E-state index is 14.2. The largest absolute Gasteiger partial charge is 0.396 e. The van der Waals surface area contributed by atoms with Gasteiger partial charge >= 0.3 is 0 Å². The maximum atomic E-state index is 14.2. The second-order valence-corrected chi connectivity index (χ2v) is 15.5. The number of anilines is 1. The molecule has 1 aliphatic carbocycles. The third-order valence-corrected chi connectivity index (χ3v) is 10.5. The van der Waals surface area contributed by atoms with Gasteiger partial charge in [0.15, 0.2) is 0 Å². The van der Waals surface area contributed by atoms with E-state index in [0.717, 1.165) is 93.0 Å². The fraction of sp³-hybridized carbons (Fsp3) is 0.450. The van der Waals surface area contributed by atoms with Crippen molar-refractivity contribution in [3.8, 4) is 0 Å². The van der Waals surface area contributed by atoms with Gasteiger partial charge in [0, 0.05) is 53.5 Å². The molecule has 0 radical (unpaired) electrons. The number of aliphatic hydroxyl groups is 1. The van der Waals surface area contributed by atoms with E-state index in [-0.39, 0.29) is 18.1 Å². The van der Waals surface area contributed by atoms with Crippen LogP contribution in [0.1, 0.15) is 104 Å². The molecule has 1 amide bonds. The van der Waals surface area contributed by atoms with Crippen LogP contribution in [0.5, 0.6) is 0 Å². The molecule has 0 saturated heterocycles. The number of fused-ring (bicyclic) bond motifs is 4. The summed E-state index contributed by atoms with van der Waals surface area (Å²) in [6.07, 6.45) is 7.99. The summed E-state index contributed by atoms with van der Waals surface area (Å²) in [5.41, 5.74) is 5.80. The Kier molecular flexibility index (Phi) is 13.4. The van der Waals surface area contributed by atoms with Crippen LogP contribution in [-0.2, 0) is 35.7 Å². The lowest BCUT2D eigenvalue weighted by Gasteiger charge is -2.23. The highest BCUT2D eigenvalue weighted by Gasteiger charge is 2.28. The van der Waals surface area contributed by atoms with Crippen molar-refractivity contribution in [1.29, 1.82) is 0 Å². The molecule has 1 unspecified atom stereocenters. The zero-order valence-corrected chi connectivity index (χ0v) is 32.3. The zero-order chi connectivity index (χ0) is 37.4. The van der Waals surface area contributed by atoms with Crippen molar-refractivity contribution in [1.82, 2.24) is 25.3 Å². The lowest BCUT2D eigenvalue weighted by molar-refractivity contribution is -0.0980. The number of benzene rings is 2. The Hall–Kier alpha value is -3.87. The van der Waals surface area contributed by atoms with Gasteiger partial charge in [-0.2, -0.15) is 0 Å². The number of aromatic nitrogens is 4. The van der Waals surface area contributed by atoms with Crippen LogP contribution in [0.2, 0.25) is 5.15 Å². The van der Waals surface area contributed by atoms with Gasteiger partial charge in [-0.3, -0.25) is 4.79 Å². The molecule has 7 rings (SSSR count). The third-order valence-electron chi connectivity index (χ3n) is 9.09. The van der Waals surface area contributed by atoms with Crippen molar-refractivity contribution in [3.63, 3.8) is 0 Å². The van der Waals surface area contributed by atoms with E-state index in [4.69, 9.17) is 26.1 Å². The van der Waals surface area contributed by atoms with E-state index >= 15 is 0 Å². The molecule has 0 bridgehead atoms. The number of nitrogens with zero attached hydrogens (tertiary/aromatic N) is 5. The first-order chi connectivity index (χ1) is 25.1. The molecule has 10 nitrogen and oxygen atoms in total. The molecule has 52 heavy (non-hydrogen) atoms. The minimum absolute atomic E-state index is 0.0517. The second kappa shape index (κ2) is 17.8. The molecular weight excluding hydrogens is 696 g/mol. The highest BCUT2D eigenvalue weighted by molar-refractivity contribution is 7.18. The van der Waals surface area contributed by atoms with E-state index < -0.39 is 0 Å². The van der Waals surface area contributed by atoms with Crippen LogP contribution in [-0.4, -0.2) is 56.4 Å². The monoisotopic (exact) mass is 744 g/mol. The number of carbonyl (C=O) groups excluding carboxylic acids is 2. The van der Waals surface area contributed by atoms with Crippen LogP contribution in [0.3, 0.4) is 0 Å². The van der Waals surface area contributed by atoms with Gasteiger partial charge in [-0.25, -0.2) is 19.9 Å². The standard InChI is InChI=1S/C37H41ClN6O3S.C2H6.CH2O/c1-37(2,3)41-12-10-22(11-13-45)15-33-42-31-16-26(7-9-32(31)48-33)44(36(46)25-17-39-35(40-18-25)24-5-6-24)19-23-4-8-27-28-20-47-21-29(28)34(38)43-30(27)14-23;2*1-2/h4,7-9,14,16-18,22,24,41,45H,5-6,10-13,15,19-21H2,1-3H3;1-2H3;1H2. The molecule has 2 aliphatic rings. The Balaban J connectivity index is 0.00000126. The molecule has 2 N–H and O–H groups in total. The van der Waals surface area contributed by atoms with Crippen molar-refractivity contribution in [2.75, 3.05) is 18.1 Å². The Bertz CT molecular complexity index is 1980. The minimum atomic E-state index is -0.185. The number of hydrogen-bond donors (Lipinski definition) is 2. The molecule has 0 spiro atoms. The topological polar surface area (TPSA) is 130 Å². The first-order valence-electron chi connectivity index (χ1n) is 18.0. The Morgan fingerprint density at radius 2 is 1.77 bits per heavy atom. The summed E-state index contributed by atoms with van der Waals surface area (Å²) in [6, 6.07) is 12.1. The van der Waals surface area contributed by atoms with E-state index in [1.165, 1.54) is 0 Å². The maximum Gasteiger partial charge on any atom is 0.261 e. The molecular formula is C40H49ClN6O4S. The summed E-state index contributed by atoms with van der Waals surface area (Å²) in [6.45, 7) is 14.8. The summed E-state index contributed by atoms with van der Waals surface area (Å²) in [7, 11) is 0. The summed E-state index contributed by atoms with van der Waals surface area (Å²) >= 11 is 8.21. The molecule has 1 aliphatic heterocycles. The SMILES string of the molecule is C=O.CC.CC(C)(C)NCCC(CCO)Cc1nc2cc(N(Cc3ccc4c5c(c(Cl)nc4c3)COC5)C(=O)c3cnc(C4CC4)nc3)ccc2s1. The Morgan fingerprint density at radius 3 is 2.46 bits per heavy atom. The van der Waals surface area contributed by atoms with E-state index in [0.29, 0.717) is 42.3 Å². The molecule has 2 aromatic carbocycles. The fourth-order valence-corrected chi connectivity index (χ4v) is 7.64. The zero-order valence-electron chi connectivity index (χ0n) is 30.7. The smallest absolute Gasteiger partial charge is 0.261 e. The summed E-state index contributed by atoms with van der Waals surface area (Å²) in [4.78, 5) is 42.7.